The van der Waals surface area contributed by atoms with Crippen molar-refractivity contribution in [2.45, 2.75) is 70.7 Å². The third-order valence-corrected chi connectivity index (χ3v) is 5.37. The molecule has 155 valence electrons. The molecule has 1 aliphatic heterocycles. The van der Waals surface area contributed by atoms with Crippen LogP contribution in [0.4, 0.5) is 10.5 Å². The van der Waals surface area contributed by atoms with Gasteiger partial charge in [0.1, 0.15) is 6.10 Å². The molecule has 1 aromatic rings. The number of fused-ring (bicyclic) bond motifs is 1. The monoisotopic (exact) mass is 412 g/mol. The van der Waals surface area contributed by atoms with E-state index in [1.54, 1.807) is 11.9 Å². The van der Waals surface area contributed by atoms with E-state index in [2.05, 4.69) is 38.0 Å². The summed E-state index contributed by atoms with van der Waals surface area (Å²) in [4.78, 5) is 23.6. The van der Waals surface area contributed by atoms with Gasteiger partial charge < -0.3 is 9.47 Å². The van der Waals surface area contributed by atoms with Crippen molar-refractivity contribution in [3.63, 3.8) is 0 Å². The van der Waals surface area contributed by atoms with Crippen molar-refractivity contribution in [3.8, 4) is 0 Å². The van der Waals surface area contributed by atoms with Crippen molar-refractivity contribution >= 4 is 30.5 Å². The number of carbonyl (C=O) groups excluding carboxylic acids is 2. The number of amides is 1. The predicted molar refractivity (Wildman–Crippen MR) is 109 cm³/mol. The molecule has 0 saturated heterocycles. The molecule has 1 amide bonds. The largest absolute Gasteiger partial charge is 0.469 e. The second kappa shape index (κ2) is 11.5. The zero-order valence-corrected chi connectivity index (χ0v) is 18.3. The van der Waals surface area contributed by atoms with Gasteiger partial charge in [-0.1, -0.05) is 38.1 Å². The summed E-state index contributed by atoms with van der Waals surface area (Å²) in [5, 5.41) is 0. The Balaban J connectivity index is 0.000000584. The fraction of sp³-hybridized carbons (Fsp3) is 0.619. The number of nitrogens with zero attached hydrogens (tertiary/aromatic N) is 1. The van der Waals surface area contributed by atoms with Gasteiger partial charge in [-0.25, -0.2) is 4.79 Å². The molecule has 1 aromatic carbocycles. The number of carbonyl (C=O) groups is 2. The first-order chi connectivity index (χ1) is 12.7. The quantitative estimate of drug-likeness (QED) is 0.548. The molecular weight excluding hydrogens is 381 g/mol. The van der Waals surface area contributed by atoms with E-state index in [-0.39, 0.29) is 61.3 Å². The summed E-state index contributed by atoms with van der Waals surface area (Å²) in [6.45, 7) is 5.86. The van der Waals surface area contributed by atoms with Crippen molar-refractivity contribution in [3.05, 3.63) is 23.8 Å². The summed E-state index contributed by atoms with van der Waals surface area (Å²) in [5.74, 6) is -0.245. The Morgan fingerprint density at radius 1 is 1.18 bits per heavy atom. The predicted octanol–water partition coefficient (Wildman–Crippen LogP) is 3.81. The van der Waals surface area contributed by atoms with Crippen molar-refractivity contribution in [2.75, 3.05) is 19.1 Å². The summed E-state index contributed by atoms with van der Waals surface area (Å²) >= 11 is 0. The van der Waals surface area contributed by atoms with E-state index in [1.165, 1.54) is 44.3 Å². The zero-order valence-electron chi connectivity index (χ0n) is 17.6. The summed E-state index contributed by atoms with van der Waals surface area (Å²) in [5.41, 5.74) is 3.69. The van der Waals surface area contributed by atoms with Gasteiger partial charge in [-0.15, -0.1) is 0 Å². The van der Waals surface area contributed by atoms with Crippen LogP contribution in [-0.4, -0.2) is 39.6 Å². The molecule has 1 saturated carbocycles. The van der Waals surface area contributed by atoms with E-state index >= 15 is 0 Å². The number of ether oxygens (including phenoxy) is 2. The van der Waals surface area contributed by atoms with Crippen LogP contribution >= 0.6 is 0 Å². The fourth-order valence-corrected chi connectivity index (χ4v) is 3.50. The minimum absolute atomic E-state index is 0. The van der Waals surface area contributed by atoms with Crippen LogP contribution in [0.3, 0.4) is 0 Å². The van der Waals surface area contributed by atoms with Crippen LogP contribution in [0.25, 0.3) is 0 Å². The number of benzene rings is 1. The zero-order chi connectivity index (χ0) is 20.0. The molecule has 2 aliphatic rings. The Labute approximate surface area is 199 Å². The molecule has 1 heterocycles. The van der Waals surface area contributed by atoms with Crippen molar-refractivity contribution in [2.24, 2.45) is 0 Å². The maximum Gasteiger partial charge on any atom is 0.414 e. The number of hydrogen-bond acceptors (Lipinski definition) is 4. The van der Waals surface area contributed by atoms with Crippen LogP contribution in [0.2, 0.25) is 6.32 Å². The standard InChI is InChI=1S/C18H25BNO2.C3H6O2.Ar/c1-18(2)12-19-16-10-9-13(11-15(16)18)20(3)17(21)22-14-7-5-4-6-8-14;1-3(4)5-2;/h9-11,14H,4-8,12H2,1-3H3;1-2H3;. The number of rotatable bonds is 2. The summed E-state index contributed by atoms with van der Waals surface area (Å²) in [7, 11) is 5.43. The van der Waals surface area contributed by atoms with E-state index in [0.29, 0.717) is 0 Å². The van der Waals surface area contributed by atoms with E-state index in [0.717, 1.165) is 24.8 Å². The molecule has 0 N–H and O–H groups in total. The van der Waals surface area contributed by atoms with Crippen LogP contribution in [0.1, 0.15) is 58.4 Å². The number of hydrogen-bond donors (Lipinski definition) is 0. The molecule has 1 aliphatic carbocycles. The molecule has 0 bridgehead atoms. The molecule has 0 aromatic heterocycles. The van der Waals surface area contributed by atoms with Crippen molar-refractivity contribution < 1.29 is 56.8 Å². The van der Waals surface area contributed by atoms with Gasteiger partial charge in [-0.05, 0) is 48.8 Å². The van der Waals surface area contributed by atoms with Gasteiger partial charge in [0.05, 0.1) is 7.11 Å². The minimum atomic E-state index is -0.245. The average Bonchev–Trinajstić information content (AvgIpc) is 2.97. The number of anilines is 1. The van der Waals surface area contributed by atoms with Crippen LogP contribution < -0.4 is 10.4 Å². The Morgan fingerprint density at radius 3 is 2.36 bits per heavy atom. The minimum Gasteiger partial charge on any atom is -0.469 e. The van der Waals surface area contributed by atoms with Crippen molar-refractivity contribution in [1.82, 2.24) is 0 Å². The fourth-order valence-electron chi connectivity index (χ4n) is 3.50. The Morgan fingerprint density at radius 2 is 1.79 bits per heavy atom. The summed E-state index contributed by atoms with van der Waals surface area (Å²) in [6, 6.07) is 6.27. The van der Waals surface area contributed by atoms with Gasteiger partial charge in [0.2, 0.25) is 0 Å². The molecule has 0 spiro atoms. The third-order valence-electron chi connectivity index (χ3n) is 5.37. The van der Waals surface area contributed by atoms with E-state index in [1.807, 2.05) is 6.07 Å². The molecule has 28 heavy (non-hydrogen) atoms. The summed E-state index contributed by atoms with van der Waals surface area (Å²) in [6.07, 6.45) is 6.55. The van der Waals surface area contributed by atoms with Gasteiger partial charge in [-0.2, -0.15) is 0 Å². The van der Waals surface area contributed by atoms with E-state index in [4.69, 9.17) is 4.74 Å². The average molecular weight is 412 g/mol. The van der Waals surface area contributed by atoms with Gasteiger partial charge in [0.15, 0.2) is 7.28 Å². The first-order valence-electron chi connectivity index (χ1n) is 9.71. The topological polar surface area (TPSA) is 55.8 Å². The van der Waals surface area contributed by atoms with Crippen molar-refractivity contribution in [1.29, 1.82) is 0 Å². The van der Waals surface area contributed by atoms with E-state index < -0.39 is 0 Å². The van der Waals surface area contributed by atoms with Crippen LogP contribution in [-0.2, 0) is 19.7 Å². The first-order valence-corrected chi connectivity index (χ1v) is 9.71. The summed E-state index contributed by atoms with van der Waals surface area (Å²) < 4.78 is 9.77. The van der Waals surface area contributed by atoms with Gasteiger partial charge in [0, 0.05) is 57.4 Å². The smallest absolute Gasteiger partial charge is 0.414 e. The Kier molecular flexibility index (Phi) is 10.4. The number of esters is 1. The van der Waals surface area contributed by atoms with Crippen LogP contribution in [0.15, 0.2) is 18.2 Å². The van der Waals surface area contributed by atoms with Gasteiger partial charge in [-0.3, -0.25) is 9.69 Å². The maximum absolute atomic E-state index is 12.4. The number of methoxy groups -OCH3 is 1. The normalized spacial score (nSPS) is 17.0. The first kappa shape index (κ1) is 25.3. The molecule has 7 heteroatoms. The van der Waals surface area contributed by atoms with Crippen LogP contribution in [0.5, 0.6) is 0 Å². The van der Waals surface area contributed by atoms with Gasteiger partial charge in [0.25, 0.3) is 0 Å². The SMILES string of the molecule is CN(C(=O)OC1CCCCC1)c1ccc2c(c1)C(C)(C)C[B]2.COC(C)=O.[Ar]. The molecular formula is C21H31ArBNO4. The van der Waals surface area contributed by atoms with Gasteiger partial charge >= 0.3 is 12.1 Å². The molecule has 1 radical (unpaired) electrons. The maximum atomic E-state index is 12.4. The van der Waals surface area contributed by atoms with Crippen LogP contribution in [0, 0.1) is 37.7 Å². The molecule has 0 unspecified atom stereocenters. The third kappa shape index (κ3) is 6.96. The second-order valence-corrected chi connectivity index (χ2v) is 7.96. The molecule has 1 fully saturated rings. The molecule has 3 rings (SSSR count). The molecule has 5 nitrogen and oxygen atoms in total. The second-order valence-electron chi connectivity index (χ2n) is 7.96. The molecule has 0 atom stereocenters. The Bertz CT molecular complexity index is 674. The van der Waals surface area contributed by atoms with E-state index in [9.17, 15) is 9.59 Å². The Hall–Kier alpha value is -0.715.